The van der Waals surface area contributed by atoms with Gasteiger partial charge >= 0.3 is 0 Å². The molecule has 1 aromatic carbocycles. The summed E-state index contributed by atoms with van der Waals surface area (Å²) < 4.78 is 0. The van der Waals surface area contributed by atoms with Crippen molar-refractivity contribution >= 4 is 23.4 Å². The molecule has 0 aliphatic heterocycles. The van der Waals surface area contributed by atoms with E-state index in [-0.39, 0.29) is 24.9 Å². The molecule has 0 saturated heterocycles. The summed E-state index contributed by atoms with van der Waals surface area (Å²) in [6.07, 6.45) is 2.41. The van der Waals surface area contributed by atoms with Gasteiger partial charge in [0, 0.05) is 17.1 Å². The number of hydrogen-bond acceptors (Lipinski definition) is 3. The molecule has 0 radical (unpaired) electrons. The Morgan fingerprint density at radius 2 is 1.85 bits per heavy atom. The van der Waals surface area contributed by atoms with Crippen molar-refractivity contribution in [3.63, 3.8) is 0 Å². The van der Waals surface area contributed by atoms with Crippen LogP contribution in [0, 0.1) is 0 Å². The van der Waals surface area contributed by atoms with Gasteiger partial charge < -0.3 is 15.7 Å². The molecule has 5 nitrogen and oxygen atoms in total. The van der Waals surface area contributed by atoms with Crippen LogP contribution < -0.4 is 10.6 Å². The minimum atomic E-state index is -0.754. The van der Waals surface area contributed by atoms with Crippen molar-refractivity contribution in [2.24, 2.45) is 0 Å². The Balaban J connectivity index is 1.72. The van der Waals surface area contributed by atoms with Gasteiger partial charge in [-0.05, 0) is 43.5 Å². The average Bonchev–Trinajstić information content (AvgIpc) is 2.41. The van der Waals surface area contributed by atoms with Gasteiger partial charge in [0.05, 0.1) is 12.1 Å². The second-order valence-electron chi connectivity index (χ2n) is 5.04. The molecule has 0 aromatic heterocycles. The van der Waals surface area contributed by atoms with Crippen molar-refractivity contribution in [1.29, 1.82) is 0 Å². The number of amides is 2. The zero-order chi connectivity index (χ0) is 14.6. The highest BCUT2D eigenvalue weighted by Gasteiger charge is 2.34. The quantitative estimate of drug-likeness (QED) is 0.761. The summed E-state index contributed by atoms with van der Waals surface area (Å²) in [4.78, 5) is 23.3. The first-order chi connectivity index (χ1) is 9.48. The van der Waals surface area contributed by atoms with E-state index in [0.29, 0.717) is 23.4 Å². The van der Waals surface area contributed by atoms with Crippen molar-refractivity contribution in [1.82, 2.24) is 10.6 Å². The number of nitrogens with one attached hydrogen (secondary N) is 2. The molecule has 0 unspecified atom stereocenters. The van der Waals surface area contributed by atoms with E-state index in [0.717, 1.165) is 6.42 Å². The molecular formula is C14H17ClN2O3. The predicted molar refractivity (Wildman–Crippen MR) is 75.6 cm³/mol. The summed E-state index contributed by atoms with van der Waals surface area (Å²) in [6.45, 7) is 0.125. The Bertz CT molecular complexity index is 498. The smallest absolute Gasteiger partial charge is 0.251 e. The van der Waals surface area contributed by atoms with Crippen molar-refractivity contribution in [3.8, 4) is 0 Å². The van der Waals surface area contributed by atoms with Crippen LogP contribution in [0.2, 0.25) is 5.02 Å². The fourth-order valence-electron chi connectivity index (χ4n) is 1.95. The maximum atomic E-state index is 11.7. The third-order valence-corrected chi connectivity index (χ3v) is 3.67. The number of rotatable bonds is 5. The fraction of sp³-hybridized carbons (Fsp3) is 0.429. The lowest BCUT2D eigenvalue weighted by atomic mass is 9.80. The second-order valence-corrected chi connectivity index (χ2v) is 5.48. The lowest BCUT2D eigenvalue weighted by molar-refractivity contribution is -0.122. The molecule has 1 aliphatic rings. The third kappa shape index (κ3) is 3.95. The molecule has 1 aromatic rings. The SMILES string of the molecule is O=C(CNC(=O)c1ccc(Cl)cc1)NCC1(O)CCC1. The van der Waals surface area contributed by atoms with Gasteiger partial charge in [-0.25, -0.2) is 0 Å². The standard InChI is InChI=1S/C14H17ClN2O3/c15-11-4-2-10(3-5-11)13(19)16-8-12(18)17-9-14(20)6-1-7-14/h2-5,20H,1,6-9H2,(H,16,19)(H,17,18). The zero-order valence-electron chi connectivity index (χ0n) is 11.0. The molecular weight excluding hydrogens is 280 g/mol. The van der Waals surface area contributed by atoms with E-state index < -0.39 is 5.60 Å². The highest BCUT2D eigenvalue weighted by Crippen LogP contribution is 2.30. The van der Waals surface area contributed by atoms with Crippen LogP contribution in [0.4, 0.5) is 0 Å². The Hall–Kier alpha value is -1.59. The normalized spacial score (nSPS) is 16.1. The van der Waals surface area contributed by atoms with E-state index in [9.17, 15) is 14.7 Å². The van der Waals surface area contributed by atoms with Crippen molar-refractivity contribution in [2.75, 3.05) is 13.1 Å². The van der Waals surface area contributed by atoms with E-state index in [4.69, 9.17) is 11.6 Å². The monoisotopic (exact) mass is 296 g/mol. The first kappa shape index (κ1) is 14.8. The topological polar surface area (TPSA) is 78.4 Å². The summed E-state index contributed by atoms with van der Waals surface area (Å²) in [5, 5.41) is 15.5. The lowest BCUT2D eigenvalue weighted by Gasteiger charge is -2.36. The van der Waals surface area contributed by atoms with E-state index in [1.807, 2.05) is 0 Å². The minimum absolute atomic E-state index is 0.114. The van der Waals surface area contributed by atoms with Gasteiger partial charge in [-0.3, -0.25) is 9.59 Å². The van der Waals surface area contributed by atoms with Gasteiger partial charge in [-0.1, -0.05) is 11.6 Å². The number of carbonyl (C=O) groups excluding carboxylic acids is 2. The van der Waals surface area contributed by atoms with Crippen LogP contribution >= 0.6 is 11.6 Å². The van der Waals surface area contributed by atoms with Crippen LogP contribution in [0.1, 0.15) is 29.6 Å². The van der Waals surface area contributed by atoms with E-state index in [1.165, 1.54) is 0 Å². The third-order valence-electron chi connectivity index (χ3n) is 3.41. The Morgan fingerprint density at radius 3 is 2.40 bits per heavy atom. The van der Waals surface area contributed by atoms with Crippen molar-refractivity contribution in [3.05, 3.63) is 34.9 Å². The van der Waals surface area contributed by atoms with Crippen molar-refractivity contribution in [2.45, 2.75) is 24.9 Å². The van der Waals surface area contributed by atoms with Crippen molar-refractivity contribution < 1.29 is 14.7 Å². The summed E-state index contributed by atoms with van der Waals surface area (Å²) >= 11 is 5.73. The van der Waals surface area contributed by atoms with Crippen LogP contribution in [-0.2, 0) is 4.79 Å². The molecule has 0 bridgehead atoms. The second kappa shape index (κ2) is 6.24. The molecule has 6 heteroatoms. The molecule has 1 fully saturated rings. The Labute approximate surface area is 122 Å². The molecule has 3 N–H and O–H groups in total. The van der Waals surface area contributed by atoms with E-state index >= 15 is 0 Å². The summed E-state index contributed by atoms with van der Waals surface area (Å²) in [7, 11) is 0. The fourth-order valence-corrected chi connectivity index (χ4v) is 2.08. The van der Waals surface area contributed by atoms with Crippen LogP contribution in [0.15, 0.2) is 24.3 Å². The largest absolute Gasteiger partial charge is 0.388 e. The van der Waals surface area contributed by atoms with Crippen LogP contribution in [-0.4, -0.2) is 35.6 Å². The first-order valence-electron chi connectivity index (χ1n) is 6.51. The lowest BCUT2D eigenvalue weighted by Crippen LogP contribution is -2.49. The summed E-state index contributed by atoms with van der Waals surface area (Å²) in [5.41, 5.74) is -0.310. The summed E-state index contributed by atoms with van der Waals surface area (Å²) in [6, 6.07) is 6.41. The number of halogens is 1. The molecule has 0 spiro atoms. The van der Waals surface area contributed by atoms with Crippen LogP contribution in [0.25, 0.3) is 0 Å². The van der Waals surface area contributed by atoms with Crippen LogP contribution in [0.3, 0.4) is 0 Å². The maximum Gasteiger partial charge on any atom is 0.251 e. The van der Waals surface area contributed by atoms with Gasteiger partial charge in [-0.2, -0.15) is 0 Å². The summed E-state index contributed by atoms with van der Waals surface area (Å²) in [5.74, 6) is -0.646. The van der Waals surface area contributed by atoms with E-state index in [2.05, 4.69) is 10.6 Å². The molecule has 108 valence electrons. The maximum absolute atomic E-state index is 11.7. The highest BCUT2D eigenvalue weighted by atomic mass is 35.5. The number of carbonyl (C=O) groups is 2. The Kier molecular flexibility index (Phi) is 4.62. The molecule has 20 heavy (non-hydrogen) atoms. The number of aliphatic hydroxyl groups is 1. The van der Waals surface area contributed by atoms with E-state index in [1.54, 1.807) is 24.3 Å². The molecule has 2 amide bonds. The van der Waals surface area contributed by atoms with Gasteiger partial charge in [-0.15, -0.1) is 0 Å². The average molecular weight is 297 g/mol. The molecule has 1 aliphatic carbocycles. The van der Waals surface area contributed by atoms with Gasteiger partial charge in [0.15, 0.2) is 0 Å². The molecule has 0 heterocycles. The van der Waals surface area contributed by atoms with Crippen LogP contribution in [0.5, 0.6) is 0 Å². The molecule has 2 rings (SSSR count). The number of benzene rings is 1. The zero-order valence-corrected chi connectivity index (χ0v) is 11.7. The van der Waals surface area contributed by atoms with Gasteiger partial charge in [0.1, 0.15) is 0 Å². The molecule has 0 atom stereocenters. The van der Waals surface area contributed by atoms with Gasteiger partial charge in [0.25, 0.3) is 5.91 Å². The number of hydrogen-bond donors (Lipinski definition) is 3. The highest BCUT2D eigenvalue weighted by molar-refractivity contribution is 6.30. The molecule has 1 saturated carbocycles. The Morgan fingerprint density at radius 1 is 1.20 bits per heavy atom. The minimum Gasteiger partial charge on any atom is -0.388 e. The first-order valence-corrected chi connectivity index (χ1v) is 6.89. The predicted octanol–water partition coefficient (Wildman–Crippen LogP) is 1.10. The van der Waals surface area contributed by atoms with Gasteiger partial charge in [0.2, 0.25) is 5.91 Å².